The molecular formula is C15H18N6O. The minimum atomic E-state index is -0.0424. The number of aliphatic hydroxyl groups is 1. The highest BCUT2D eigenvalue weighted by molar-refractivity contribution is 6.04. The van der Waals surface area contributed by atoms with Crippen molar-refractivity contribution in [3.63, 3.8) is 0 Å². The number of nitrogens with two attached hydrogens (primary N) is 3. The Morgan fingerprint density at radius 2 is 2.14 bits per heavy atom. The molecule has 0 radical (unpaired) electrons. The lowest BCUT2D eigenvalue weighted by Gasteiger charge is -2.10. The number of aliphatic hydroxyl groups excluding tert-OH is 1. The molecule has 7 heteroatoms. The van der Waals surface area contributed by atoms with Gasteiger partial charge in [-0.3, -0.25) is 4.99 Å². The quantitative estimate of drug-likeness (QED) is 0.517. The van der Waals surface area contributed by atoms with Crippen LogP contribution in [0.5, 0.6) is 0 Å². The molecule has 0 unspecified atom stereocenters. The van der Waals surface area contributed by atoms with Gasteiger partial charge in [-0.25, -0.2) is 4.98 Å². The van der Waals surface area contributed by atoms with Crippen molar-refractivity contribution in [2.24, 2.45) is 10.7 Å². The number of nitrogens with one attached hydrogen (secondary N) is 1. The third kappa shape index (κ3) is 3.04. The van der Waals surface area contributed by atoms with Crippen molar-refractivity contribution in [1.29, 1.82) is 5.41 Å². The van der Waals surface area contributed by atoms with E-state index in [1.807, 2.05) is 0 Å². The number of fused-ring (bicyclic) bond motifs is 1. The average Bonchev–Trinajstić information content (AvgIpc) is 2.50. The second kappa shape index (κ2) is 6.68. The van der Waals surface area contributed by atoms with Crippen molar-refractivity contribution in [3.05, 3.63) is 35.4 Å². The van der Waals surface area contributed by atoms with Crippen LogP contribution in [0.3, 0.4) is 0 Å². The topological polar surface area (TPSA) is 147 Å². The van der Waals surface area contributed by atoms with E-state index in [1.54, 1.807) is 18.2 Å². The Morgan fingerprint density at radius 3 is 2.82 bits per heavy atom. The summed E-state index contributed by atoms with van der Waals surface area (Å²) in [6.45, 7) is 0.236. The van der Waals surface area contributed by atoms with Gasteiger partial charge >= 0.3 is 0 Å². The molecule has 0 saturated heterocycles. The van der Waals surface area contributed by atoms with Crippen LogP contribution in [0.15, 0.2) is 29.3 Å². The number of pyridine rings is 1. The van der Waals surface area contributed by atoms with E-state index in [-0.39, 0.29) is 19.0 Å². The number of hydrogen-bond donors (Lipinski definition) is 5. The van der Waals surface area contributed by atoms with Crippen LogP contribution < -0.4 is 17.2 Å². The molecule has 0 bridgehead atoms. The highest BCUT2D eigenvalue weighted by Gasteiger charge is 2.10. The summed E-state index contributed by atoms with van der Waals surface area (Å²) in [5.41, 5.74) is 20.8. The normalized spacial score (nSPS) is 12.1. The van der Waals surface area contributed by atoms with Gasteiger partial charge in [0.15, 0.2) is 0 Å². The van der Waals surface area contributed by atoms with Crippen LogP contribution in [0.2, 0.25) is 0 Å². The summed E-state index contributed by atoms with van der Waals surface area (Å²) in [6, 6.07) is 5.38. The van der Waals surface area contributed by atoms with Gasteiger partial charge in [-0.05, 0) is 17.7 Å². The molecule has 2 rings (SSSR count). The summed E-state index contributed by atoms with van der Waals surface area (Å²) < 4.78 is 0. The van der Waals surface area contributed by atoms with E-state index in [4.69, 9.17) is 27.7 Å². The summed E-state index contributed by atoms with van der Waals surface area (Å²) >= 11 is 0. The van der Waals surface area contributed by atoms with Gasteiger partial charge in [0, 0.05) is 23.5 Å². The highest BCUT2D eigenvalue weighted by Crippen LogP contribution is 2.28. The van der Waals surface area contributed by atoms with Crippen molar-refractivity contribution in [3.8, 4) is 0 Å². The Hall–Kier alpha value is -2.93. The molecule has 1 aromatic heterocycles. The van der Waals surface area contributed by atoms with Crippen molar-refractivity contribution in [1.82, 2.24) is 4.98 Å². The number of hydrogen-bond acceptors (Lipinski definition) is 7. The summed E-state index contributed by atoms with van der Waals surface area (Å²) in [6.07, 6.45) is 4.13. The zero-order chi connectivity index (χ0) is 16.1. The van der Waals surface area contributed by atoms with Crippen LogP contribution in [-0.4, -0.2) is 35.7 Å². The number of anilines is 2. The van der Waals surface area contributed by atoms with Gasteiger partial charge < -0.3 is 27.7 Å². The first-order valence-electron chi connectivity index (χ1n) is 6.64. The summed E-state index contributed by atoms with van der Waals surface area (Å²) in [4.78, 5) is 8.35. The Bertz CT molecular complexity index is 766. The first-order chi connectivity index (χ1) is 10.6. The van der Waals surface area contributed by atoms with Gasteiger partial charge in [-0.15, -0.1) is 0 Å². The van der Waals surface area contributed by atoms with Gasteiger partial charge in [0.2, 0.25) is 0 Å². The summed E-state index contributed by atoms with van der Waals surface area (Å²) in [5.74, 6) is 0.262. The van der Waals surface area contributed by atoms with Crippen LogP contribution in [-0.2, 0) is 0 Å². The number of aliphatic imine (C=N–C) groups is 1. The smallest absolute Gasteiger partial charge is 0.135 e. The number of benzene rings is 1. The molecule has 2 aromatic rings. The maximum Gasteiger partial charge on any atom is 0.135 e. The molecule has 0 amide bonds. The molecular weight excluding hydrogens is 280 g/mol. The number of nitrogens with zero attached hydrogens (tertiary/aromatic N) is 2. The van der Waals surface area contributed by atoms with Crippen molar-refractivity contribution in [2.75, 3.05) is 24.6 Å². The molecule has 8 N–H and O–H groups in total. The first kappa shape index (κ1) is 15.5. The zero-order valence-corrected chi connectivity index (χ0v) is 12.0. The largest absolute Gasteiger partial charge is 0.398 e. The maximum absolute atomic E-state index is 8.76. The van der Waals surface area contributed by atoms with Crippen molar-refractivity contribution in [2.45, 2.75) is 0 Å². The van der Waals surface area contributed by atoms with Gasteiger partial charge in [0.1, 0.15) is 5.82 Å². The zero-order valence-electron chi connectivity index (χ0n) is 12.0. The van der Waals surface area contributed by atoms with Gasteiger partial charge in [-0.1, -0.05) is 12.1 Å². The van der Waals surface area contributed by atoms with E-state index in [0.717, 1.165) is 17.2 Å². The van der Waals surface area contributed by atoms with Crippen LogP contribution in [0.4, 0.5) is 11.5 Å². The van der Waals surface area contributed by atoms with Gasteiger partial charge in [0.05, 0.1) is 29.9 Å². The molecule has 1 heterocycles. The lowest BCUT2D eigenvalue weighted by atomic mass is 10.0. The van der Waals surface area contributed by atoms with Gasteiger partial charge in [-0.2, -0.15) is 0 Å². The standard InChI is InChI=1S/C15H18N6O/c16-4-3-12(17)9-1-2-10-13(7-9)21-15(19)11(14(10)18)8-20-5-6-22/h1-4,7-8,16,22H,5-6,17H2,(H4,18,19,21). The van der Waals surface area contributed by atoms with E-state index in [0.29, 0.717) is 22.5 Å². The van der Waals surface area contributed by atoms with E-state index in [1.165, 1.54) is 12.3 Å². The number of rotatable bonds is 5. The molecule has 0 spiro atoms. The fourth-order valence-corrected chi connectivity index (χ4v) is 2.04. The highest BCUT2D eigenvalue weighted by atomic mass is 16.3. The second-order valence-electron chi connectivity index (χ2n) is 4.60. The molecule has 0 aliphatic carbocycles. The van der Waals surface area contributed by atoms with Crippen molar-refractivity contribution >= 4 is 40.5 Å². The fraction of sp³-hybridized carbons (Fsp3) is 0.133. The third-order valence-corrected chi connectivity index (χ3v) is 3.14. The fourth-order valence-electron chi connectivity index (χ4n) is 2.04. The lowest BCUT2D eigenvalue weighted by Crippen LogP contribution is -2.05. The van der Waals surface area contributed by atoms with Crippen LogP contribution in [0.1, 0.15) is 11.1 Å². The van der Waals surface area contributed by atoms with Crippen LogP contribution in [0, 0.1) is 5.41 Å². The van der Waals surface area contributed by atoms with E-state index in [2.05, 4.69) is 9.98 Å². The van der Waals surface area contributed by atoms with Crippen LogP contribution in [0.25, 0.3) is 16.6 Å². The van der Waals surface area contributed by atoms with Crippen LogP contribution >= 0.6 is 0 Å². The third-order valence-electron chi connectivity index (χ3n) is 3.14. The Balaban J connectivity index is 2.56. The molecule has 0 aliphatic heterocycles. The molecule has 0 aliphatic rings. The van der Waals surface area contributed by atoms with Crippen molar-refractivity contribution < 1.29 is 5.11 Å². The summed E-state index contributed by atoms with van der Waals surface area (Å²) in [5, 5.41) is 16.6. The lowest BCUT2D eigenvalue weighted by molar-refractivity contribution is 0.307. The average molecular weight is 298 g/mol. The first-order valence-corrected chi connectivity index (χ1v) is 6.64. The molecule has 22 heavy (non-hydrogen) atoms. The van der Waals surface area contributed by atoms with E-state index in [9.17, 15) is 0 Å². The predicted molar refractivity (Wildman–Crippen MR) is 91.1 cm³/mol. The Labute approximate surface area is 127 Å². The molecule has 0 fully saturated rings. The second-order valence-corrected chi connectivity index (χ2v) is 4.60. The molecule has 0 atom stereocenters. The number of aromatic nitrogens is 1. The Kier molecular flexibility index (Phi) is 4.70. The van der Waals surface area contributed by atoms with Gasteiger partial charge in [0.25, 0.3) is 0 Å². The molecule has 1 aromatic carbocycles. The molecule has 0 saturated carbocycles. The minimum Gasteiger partial charge on any atom is -0.398 e. The molecule has 7 nitrogen and oxygen atoms in total. The number of nitrogen functional groups attached to an aromatic ring is 2. The molecule has 114 valence electrons. The van der Waals surface area contributed by atoms with E-state index >= 15 is 0 Å². The maximum atomic E-state index is 8.76. The minimum absolute atomic E-state index is 0.0424. The Morgan fingerprint density at radius 1 is 1.36 bits per heavy atom. The number of allylic oxidation sites excluding steroid dienone is 1. The predicted octanol–water partition coefficient (Wildman–Crippen LogP) is 0.760. The van der Waals surface area contributed by atoms with E-state index < -0.39 is 0 Å². The SMILES string of the molecule is N=CC=C(N)c1ccc2c(N)c(C=NCCO)c(N)nc2c1. The summed E-state index contributed by atoms with van der Waals surface area (Å²) in [7, 11) is 0. The monoisotopic (exact) mass is 298 g/mol.